The second-order valence-electron chi connectivity index (χ2n) is 7.39. The molecule has 0 bridgehead atoms. The lowest BCUT2D eigenvalue weighted by atomic mass is 10.1. The molecule has 1 atom stereocenters. The van der Waals surface area contributed by atoms with Crippen molar-refractivity contribution >= 4 is 5.91 Å². The van der Waals surface area contributed by atoms with Crippen LogP contribution in [0.1, 0.15) is 38.3 Å². The number of aromatic nitrogens is 3. The van der Waals surface area contributed by atoms with Gasteiger partial charge in [-0.1, -0.05) is 6.92 Å². The van der Waals surface area contributed by atoms with Crippen LogP contribution in [0.4, 0.5) is 13.2 Å². The molecule has 1 fully saturated rings. The first-order chi connectivity index (χ1) is 11.0. The lowest BCUT2D eigenvalue weighted by Crippen LogP contribution is -2.39. The molecule has 1 aliphatic rings. The Morgan fingerprint density at radius 3 is 2.46 bits per heavy atom. The van der Waals surface area contributed by atoms with Gasteiger partial charge in [0.2, 0.25) is 5.82 Å². The summed E-state index contributed by atoms with van der Waals surface area (Å²) in [6, 6.07) is 0. The maximum atomic E-state index is 12.6. The first-order valence-electron chi connectivity index (χ1n) is 7.96. The average molecular weight is 347 g/mol. The SMILES string of the molecule is CC1CN(CC(F)(F)F)CCN(C(=O)c2ncn(C(C)(C)C)n2)C1. The fourth-order valence-corrected chi connectivity index (χ4v) is 2.73. The third kappa shape index (κ3) is 4.93. The van der Waals surface area contributed by atoms with Crippen molar-refractivity contribution in [2.75, 3.05) is 32.7 Å². The van der Waals surface area contributed by atoms with E-state index in [0.29, 0.717) is 13.1 Å². The highest BCUT2D eigenvalue weighted by molar-refractivity contribution is 5.90. The Hall–Kier alpha value is -1.64. The van der Waals surface area contributed by atoms with Crippen LogP contribution in [0.2, 0.25) is 0 Å². The Morgan fingerprint density at radius 1 is 1.25 bits per heavy atom. The molecular weight excluding hydrogens is 323 g/mol. The molecule has 2 heterocycles. The van der Waals surface area contributed by atoms with Crippen molar-refractivity contribution in [3.05, 3.63) is 12.2 Å². The standard InChI is InChI=1S/C15H24F3N5O/c1-11-7-21(9-15(16,17)18)5-6-22(8-11)13(24)12-19-10-23(20-12)14(2,3)4/h10-11H,5-9H2,1-4H3. The Kier molecular flexibility index (Phi) is 5.22. The molecule has 9 heteroatoms. The number of hydrogen-bond donors (Lipinski definition) is 0. The molecular formula is C15H24F3N5O. The van der Waals surface area contributed by atoms with E-state index in [0.717, 1.165) is 0 Å². The number of nitrogens with zero attached hydrogens (tertiary/aromatic N) is 5. The molecule has 0 aromatic carbocycles. The minimum Gasteiger partial charge on any atom is -0.334 e. The van der Waals surface area contributed by atoms with Crippen molar-refractivity contribution in [2.45, 2.75) is 39.4 Å². The highest BCUT2D eigenvalue weighted by Crippen LogP contribution is 2.19. The summed E-state index contributed by atoms with van der Waals surface area (Å²) in [4.78, 5) is 19.5. The maximum Gasteiger partial charge on any atom is 0.401 e. The molecule has 1 saturated heterocycles. The summed E-state index contributed by atoms with van der Waals surface area (Å²) in [6.07, 6.45) is -2.73. The molecule has 136 valence electrons. The zero-order valence-electron chi connectivity index (χ0n) is 14.5. The summed E-state index contributed by atoms with van der Waals surface area (Å²) in [5.41, 5.74) is -0.291. The van der Waals surface area contributed by atoms with Gasteiger partial charge in [0.15, 0.2) is 0 Å². The van der Waals surface area contributed by atoms with E-state index in [2.05, 4.69) is 10.1 Å². The average Bonchev–Trinajstić information content (AvgIpc) is 2.83. The van der Waals surface area contributed by atoms with Gasteiger partial charge < -0.3 is 4.90 Å². The van der Waals surface area contributed by atoms with Crippen LogP contribution in [0.5, 0.6) is 0 Å². The maximum absolute atomic E-state index is 12.6. The van der Waals surface area contributed by atoms with Gasteiger partial charge >= 0.3 is 6.18 Å². The fraction of sp³-hybridized carbons (Fsp3) is 0.800. The van der Waals surface area contributed by atoms with E-state index in [1.54, 1.807) is 9.58 Å². The summed E-state index contributed by atoms with van der Waals surface area (Å²) in [6.45, 7) is 7.87. The Balaban J connectivity index is 2.06. The van der Waals surface area contributed by atoms with Crippen molar-refractivity contribution in [3.8, 4) is 0 Å². The van der Waals surface area contributed by atoms with Gasteiger partial charge in [-0.3, -0.25) is 9.69 Å². The molecule has 0 N–H and O–H groups in total. The summed E-state index contributed by atoms with van der Waals surface area (Å²) in [5.74, 6) is -0.302. The van der Waals surface area contributed by atoms with E-state index in [4.69, 9.17) is 0 Å². The van der Waals surface area contributed by atoms with E-state index in [1.807, 2.05) is 27.7 Å². The van der Waals surface area contributed by atoms with Gasteiger partial charge in [-0.25, -0.2) is 9.67 Å². The van der Waals surface area contributed by atoms with Gasteiger partial charge in [-0.15, -0.1) is 5.10 Å². The van der Waals surface area contributed by atoms with Gasteiger partial charge in [0.1, 0.15) is 6.33 Å². The minimum atomic E-state index is -4.23. The van der Waals surface area contributed by atoms with Crippen LogP contribution in [0.25, 0.3) is 0 Å². The number of carbonyl (C=O) groups is 1. The minimum absolute atomic E-state index is 0.0523. The lowest BCUT2D eigenvalue weighted by Gasteiger charge is -2.22. The fourth-order valence-electron chi connectivity index (χ4n) is 2.73. The second kappa shape index (κ2) is 6.70. The Bertz CT molecular complexity index is 578. The quantitative estimate of drug-likeness (QED) is 0.821. The predicted molar refractivity (Wildman–Crippen MR) is 82.6 cm³/mol. The van der Waals surface area contributed by atoms with Crippen LogP contribution in [0.3, 0.4) is 0 Å². The summed E-state index contributed by atoms with van der Waals surface area (Å²) < 4.78 is 39.4. The van der Waals surface area contributed by atoms with E-state index in [1.165, 1.54) is 11.2 Å². The number of amides is 1. The zero-order chi connectivity index (χ0) is 18.1. The molecule has 0 saturated carbocycles. The van der Waals surface area contributed by atoms with E-state index < -0.39 is 12.7 Å². The van der Waals surface area contributed by atoms with Crippen molar-refractivity contribution in [2.24, 2.45) is 5.92 Å². The van der Waals surface area contributed by atoms with Crippen LogP contribution in [-0.2, 0) is 5.54 Å². The molecule has 24 heavy (non-hydrogen) atoms. The largest absolute Gasteiger partial charge is 0.401 e. The Labute approximate surface area is 139 Å². The summed E-state index contributed by atoms with van der Waals surface area (Å²) in [7, 11) is 0. The van der Waals surface area contributed by atoms with Crippen molar-refractivity contribution in [3.63, 3.8) is 0 Å². The predicted octanol–water partition coefficient (Wildman–Crippen LogP) is 1.99. The second-order valence-corrected chi connectivity index (χ2v) is 7.39. The topological polar surface area (TPSA) is 54.3 Å². The molecule has 6 nitrogen and oxygen atoms in total. The van der Waals surface area contributed by atoms with Gasteiger partial charge in [-0.2, -0.15) is 13.2 Å². The molecule has 0 aliphatic carbocycles. The number of alkyl halides is 3. The normalized spacial score (nSPS) is 21.0. The van der Waals surface area contributed by atoms with E-state index in [9.17, 15) is 18.0 Å². The molecule has 1 aromatic rings. The smallest absolute Gasteiger partial charge is 0.334 e. The molecule has 2 rings (SSSR count). The third-order valence-electron chi connectivity index (χ3n) is 3.85. The molecule has 0 radical (unpaired) electrons. The van der Waals surface area contributed by atoms with Crippen LogP contribution in [0, 0.1) is 5.92 Å². The van der Waals surface area contributed by atoms with Crippen molar-refractivity contribution in [1.29, 1.82) is 0 Å². The van der Waals surface area contributed by atoms with Crippen LogP contribution in [0.15, 0.2) is 6.33 Å². The van der Waals surface area contributed by atoms with Gasteiger partial charge in [0, 0.05) is 26.2 Å². The highest BCUT2D eigenvalue weighted by atomic mass is 19.4. The van der Waals surface area contributed by atoms with Crippen LogP contribution < -0.4 is 0 Å². The zero-order valence-corrected chi connectivity index (χ0v) is 14.5. The van der Waals surface area contributed by atoms with Crippen molar-refractivity contribution < 1.29 is 18.0 Å². The molecule has 1 amide bonds. The van der Waals surface area contributed by atoms with E-state index >= 15 is 0 Å². The number of carbonyl (C=O) groups excluding carboxylic acids is 1. The summed E-state index contributed by atoms with van der Waals surface area (Å²) in [5, 5.41) is 4.21. The van der Waals surface area contributed by atoms with Gasteiger partial charge in [-0.05, 0) is 26.7 Å². The number of rotatable bonds is 2. The summed E-state index contributed by atoms with van der Waals surface area (Å²) >= 11 is 0. The molecule has 0 spiro atoms. The third-order valence-corrected chi connectivity index (χ3v) is 3.85. The molecule has 1 unspecified atom stereocenters. The van der Waals surface area contributed by atoms with E-state index in [-0.39, 0.29) is 36.3 Å². The number of hydrogen-bond acceptors (Lipinski definition) is 4. The monoisotopic (exact) mass is 347 g/mol. The van der Waals surface area contributed by atoms with Crippen LogP contribution in [-0.4, -0.2) is 69.4 Å². The first kappa shape index (κ1) is 18.7. The number of halogens is 3. The van der Waals surface area contributed by atoms with Gasteiger partial charge in [0.25, 0.3) is 5.91 Å². The highest BCUT2D eigenvalue weighted by Gasteiger charge is 2.34. The van der Waals surface area contributed by atoms with Crippen LogP contribution >= 0.6 is 0 Å². The lowest BCUT2D eigenvalue weighted by molar-refractivity contribution is -0.146. The van der Waals surface area contributed by atoms with Gasteiger partial charge in [0.05, 0.1) is 12.1 Å². The molecule has 1 aromatic heterocycles. The van der Waals surface area contributed by atoms with Crippen molar-refractivity contribution in [1.82, 2.24) is 24.6 Å². The first-order valence-corrected chi connectivity index (χ1v) is 7.96. The Morgan fingerprint density at radius 2 is 1.92 bits per heavy atom. The molecule has 1 aliphatic heterocycles.